The van der Waals surface area contributed by atoms with Crippen molar-refractivity contribution in [3.05, 3.63) is 38.5 Å². The molecule has 11 nitrogen and oxygen atoms in total. The van der Waals surface area contributed by atoms with Crippen LogP contribution in [0, 0.1) is 6.92 Å². The van der Waals surface area contributed by atoms with E-state index in [-0.39, 0.29) is 27.2 Å². The van der Waals surface area contributed by atoms with Crippen LogP contribution in [0.25, 0.3) is 5.69 Å². The van der Waals surface area contributed by atoms with Crippen molar-refractivity contribution in [2.24, 2.45) is 0 Å². The normalized spacial score (nSPS) is 13.2. The largest absolute Gasteiger partial charge is 0.452 e. The van der Waals surface area contributed by atoms with E-state index in [2.05, 4.69) is 9.84 Å². The zero-order valence-corrected chi connectivity index (χ0v) is 18.0. The van der Waals surface area contributed by atoms with Gasteiger partial charge in [-0.1, -0.05) is 23.2 Å². The Hall–Kier alpha value is -1.77. The van der Waals surface area contributed by atoms with Crippen molar-refractivity contribution in [3.63, 3.8) is 0 Å². The number of anilines is 1. The minimum absolute atomic E-state index is 0.0169. The first kappa shape index (κ1) is 22.5. The van der Waals surface area contributed by atoms with Gasteiger partial charge in [0.25, 0.3) is 22.5 Å². The van der Waals surface area contributed by atoms with Crippen molar-refractivity contribution >= 4 is 57.5 Å². The van der Waals surface area contributed by atoms with Crippen LogP contribution in [0.15, 0.2) is 16.9 Å². The third-order valence-corrected chi connectivity index (χ3v) is 6.14. The van der Waals surface area contributed by atoms with Crippen LogP contribution in [0.5, 0.6) is 0 Å². The van der Waals surface area contributed by atoms with Gasteiger partial charge in [0.2, 0.25) is 0 Å². The first-order valence-electron chi connectivity index (χ1n) is 7.17. The van der Waals surface area contributed by atoms with Crippen LogP contribution in [0.4, 0.5) is 10.5 Å². The van der Waals surface area contributed by atoms with Crippen LogP contribution in [-0.2, 0) is 35.6 Å². The molecule has 0 amide bonds. The fourth-order valence-corrected chi connectivity index (χ4v) is 4.40. The fraction of sp³-hybridized carbons (Fsp3) is 0.308. The number of aromatic nitrogens is 3. The lowest BCUT2D eigenvalue weighted by Crippen LogP contribution is -2.31. The summed E-state index contributed by atoms with van der Waals surface area (Å²) in [6, 6.07) is 2.42. The maximum absolute atomic E-state index is 12.6. The van der Waals surface area contributed by atoms with Crippen molar-refractivity contribution in [1.82, 2.24) is 14.3 Å². The van der Waals surface area contributed by atoms with Gasteiger partial charge in [0.05, 0.1) is 42.7 Å². The van der Waals surface area contributed by atoms with E-state index in [4.69, 9.17) is 31.6 Å². The van der Waals surface area contributed by atoms with Gasteiger partial charge in [0.1, 0.15) is 5.82 Å². The summed E-state index contributed by atoms with van der Waals surface area (Å²) >= 11 is 7.82. The average Bonchev–Trinajstić information content (AvgIpc) is 2.96. The quantitative estimate of drug-likeness (QED) is 0.619. The molecule has 1 aromatic carbocycles. The Labute approximate surface area is 174 Å². The maximum Gasteiger partial charge on any atom is 0.423 e. The van der Waals surface area contributed by atoms with E-state index in [1.54, 1.807) is 0 Å². The number of hydrogen-bond acceptors (Lipinski definition) is 8. The average molecular weight is 473 g/mol. The lowest BCUT2D eigenvalue weighted by molar-refractivity contribution is 0.171. The Bertz CT molecular complexity index is 1010. The van der Waals surface area contributed by atoms with Crippen LogP contribution in [0.2, 0.25) is 10.0 Å². The highest BCUT2D eigenvalue weighted by Crippen LogP contribution is 2.35. The number of hydrogen-bond donors (Lipinski definition) is 0. The second-order valence-electron chi connectivity index (χ2n) is 4.83. The van der Waals surface area contributed by atoms with E-state index in [0.717, 1.165) is 29.7 Å². The molecule has 15 heteroatoms. The molecule has 0 N–H and O–H groups in total. The van der Waals surface area contributed by atoms with Crippen molar-refractivity contribution in [3.8, 4) is 5.69 Å². The summed E-state index contributed by atoms with van der Waals surface area (Å²) in [5.41, 5.74) is -0.978. The van der Waals surface area contributed by atoms with Crippen LogP contribution in [-0.4, -0.2) is 50.2 Å². The minimum atomic E-state index is -2.25. The summed E-state index contributed by atoms with van der Waals surface area (Å²) in [5.74, 6) is 0.0298. The highest BCUT2D eigenvalue weighted by Gasteiger charge is 2.27. The SMILES string of the molecule is COC(=O)n1c(C)nn(-c2cc(N(S(=O)OC)S(=O)OC)c(Cl)cc2Cl)c1=O. The fourth-order valence-electron chi connectivity index (χ4n) is 2.10. The molecular formula is C13H14Cl2N4O7S2. The van der Waals surface area contributed by atoms with E-state index in [9.17, 15) is 18.0 Å². The molecule has 0 radical (unpaired) electrons. The Morgan fingerprint density at radius 3 is 2.18 bits per heavy atom. The number of ether oxygens (including phenoxy) is 1. The topological polar surface area (TPSA) is 122 Å². The van der Waals surface area contributed by atoms with E-state index < -0.39 is 34.3 Å². The molecule has 0 aliphatic heterocycles. The number of benzene rings is 1. The molecule has 0 aliphatic carbocycles. The molecule has 0 saturated carbocycles. The molecular weight excluding hydrogens is 459 g/mol. The first-order valence-corrected chi connectivity index (χ1v) is 9.99. The monoisotopic (exact) mass is 472 g/mol. The number of aryl methyl sites for hydroxylation is 1. The number of carbonyl (C=O) groups excluding carboxylic acids is 1. The predicted octanol–water partition coefficient (Wildman–Crippen LogP) is 1.52. The number of methoxy groups -OCH3 is 1. The summed E-state index contributed by atoms with van der Waals surface area (Å²) in [7, 11) is 3.34. The first-order chi connectivity index (χ1) is 13.2. The molecule has 2 rings (SSSR count). The smallest absolute Gasteiger partial charge is 0.423 e. The molecule has 0 aliphatic rings. The highest BCUT2D eigenvalue weighted by atomic mass is 35.5. The van der Waals surface area contributed by atoms with Gasteiger partial charge in [-0.2, -0.15) is 13.0 Å². The summed E-state index contributed by atoms with van der Waals surface area (Å²) in [6.45, 7) is 1.41. The Kier molecular flexibility index (Phi) is 7.36. The zero-order valence-electron chi connectivity index (χ0n) is 14.9. The summed E-state index contributed by atoms with van der Waals surface area (Å²) in [4.78, 5) is 24.4. The minimum Gasteiger partial charge on any atom is -0.452 e. The second kappa shape index (κ2) is 9.15. The van der Waals surface area contributed by atoms with E-state index in [1.165, 1.54) is 19.1 Å². The number of nitrogens with zero attached hydrogens (tertiary/aromatic N) is 4. The zero-order chi connectivity index (χ0) is 21.2. The van der Waals surface area contributed by atoms with Gasteiger partial charge in [-0.3, -0.25) is 8.37 Å². The van der Waals surface area contributed by atoms with Crippen LogP contribution < -0.4 is 9.40 Å². The number of rotatable bonds is 6. The summed E-state index contributed by atoms with van der Waals surface area (Å²) < 4.78 is 40.5. The van der Waals surface area contributed by atoms with Gasteiger partial charge in [-0.15, -0.1) is 5.10 Å². The van der Waals surface area contributed by atoms with Crippen LogP contribution in [0.1, 0.15) is 5.82 Å². The highest BCUT2D eigenvalue weighted by molar-refractivity contribution is 7.99. The lowest BCUT2D eigenvalue weighted by Gasteiger charge is -2.20. The van der Waals surface area contributed by atoms with Crippen molar-refractivity contribution in [2.75, 3.05) is 25.0 Å². The molecule has 1 heterocycles. The standard InChI is InChI=1S/C13H14Cl2N4O7S2/c1-7-16-18(12(20)17(7)13(21)24-2)10-6-11(9(15)5-8(10)14)19(27(22)25-3)28(23)26-4/h5-6H,1-4H3. The third-order valence-electron chi connectivity index (χ3n) is 3.30. The van der Waals surface area contributed by atoms with Crippen molar-refractivity contribution in [1.29, 1.82) is 0 Å². The Morgan fingerprint density at radius 2 is 1.68 bits per heavy atom. The van der Waals surface area contributed by atoms with Crippen LogP contribution >= 0.6 is 23.2 Å². The second-order valence-corrected chi connectivity index (χ2v) is 8.14. The number of halogens is 2. The van der Waals surface area contributed by atoms with E-state index >= 15 is 0 Å². The molecule has 1 aromatic heterocycles. The molecule has 0 bridgehead atoms. The maximum atomic E-state index is 12.6. The van der Waals surface area contributed by atoms with Gasteiger partial charge in [0, 0.05) is 0 Å². The molecule has 0 saturated heterocycles. The van der Waals surface area contributed by atoms with Crippen LogP contribution in [0.3, 0.4) is 0 Å². The van der Waals surface area contributed by atoms with Gasteiger partial charge in [-0.25, -0.2) is 18.0 Å². The molecule has 0 spiro atoms. The van der Waals surface area contributed by atoms with Crippen molar-refractivity contribution in [2.45, 2.75) is 6.92 Å². The van der Waals surface area contributed by atoms with Gasteiger partial charge in [0.15, 0.2) is 0 Å². The molecule has 2 atom stereocenters. The molecule has 28 heavy (non-hydrogen) atoms. The Balaban J connectivity index is 2.74. The van der Waals surface area contributed by atoms with Gasteiger partial charge in [-0.05, 0) is 19.1 Å². The molecule has 2 aromatic rings. The third kappa shape index (κ3) is 4.14. The van der Waals surface area contributed by atoms with E-state index in [0.29, 0.717) is 4.57 Å². The molecule has 2 unspecified atom stereocenters. The molecule has 154 valence electrons. The molecule has 0 fully saturated rings. The Morgan fingerprint density at radius 1 is 1.11 bits per heavy atom. The predicted molar refractivity (Wildman–Crippen MR) is 103 cm³/mol. The van der Waals surface area contributed by atoms with Crippen molar-refractivity contribution < 1.29 is 26.3 Å². The summed E-state index contributed by atoms with van der Waals surface area (Å²) in [6.07, 6.45) is -0.943. The number of carbonyl (C=O) groups is 1. The lowest BCUT2D eigenvalue weighted by atomic mass is 10.3. The summed E-state index contributed by atoms with van der Waals surface area (Å²) in [5, 5.41) is 3.91. The van der Waals surface area contributed by atoms with Gasteiger partial charge >= 0.3 is 11.8 Å². The van der Waals surface area contributed by atoms with Gasteiger partial charge < -0.3 is 4.74 Å². The van der Waals surface area contributed by atoms with E-state index in [1.807, 2.05) is 0 Å².